The summed E-state index contributed by atoms with van der Waals surface area (Å²) in [5.74, 6) is 1.73. The predicted octanol–water partition coefficient (Wildman–Crippen LogP) is 5.38. The Morgan fingerprint density at radius 3 is 2.89 bits per heavy atom. The molecule has 2 aromatic heterocycles. The van der Waals surface area contributed by atoms with Gasteiger partial charge in [-0.1, -0.05) is 46.5 Å². The summed E-state index contributed by atoms with van der Waals surface area (Å²) in [7, 11) is 1.63. The van der Waals surface area contributed by atoms with Crippen LogP contribution >= 0.6 is 23.1 Å². The maximum absolute atomic E-state index is 13.3. The number of methoxy groups -OCH3 is 1. The summed E-state index contributed by atoms with van der Waals surface area (Å²) in [6, 6.07) is 15.7. The van der Waals surface area contributed by atoms with Crippen LogP contribution in [0.25, 0.3) is 11.3 Å². The van der Waals surface area contributed by atoms with Crippen molar-refractivity contribution in [1.82, 2.24) is 15.4 Å². The minimum atomic E-state index is -0.305. The van der Waals surface area contributed by atoms with Crippen molar-refractivity contribution in [2.24, 2.45) is 0 Å². The highest BCUT2D eigenvalue weighted by molar-refractivity contribution is 8.00. The highest BCUT2D eigenvalue weighted by Crippen LogP contribution is 2.33. The van der Waals surface area contributed by atoms with Crippen LogP contribution in [0.4, 0.5) is 15.2 Å². The zero-order chi connectivity index (χ0) is 19.3. The zero-order valence-electron chi connectivity index (χ0n) is 14.8. The molecule has 0 amide bonds. The molecule has 6 nitrogen and oxygen atoms in total. The summed E-state index contributed by atoms with van der Waals surface area (Å²) in [5, 5.41) is 16.0. The van der Waals surface area contributed by atoms with Crippen LogP contribution < -0.4 is 10.1 Å². The van der Waals surface area contributed by atoms with Gasteiger partial charge in [0.1, 0.15) is 23.0 Å². The average molecular weight is 414 g/mol. The molecule has 142 valence electrons. The van der Waals surface area contributed by atoms with Crippen molar-refractivity contribution in [1.29, 1.82) is 0 Å². The minimum Gasteiger partial charge on any atom is -0.496 e. The monoisotopic (exact) mass is 414 g/mol. The number of nitrogens with zero attached hydrogens (tertiary/aromatic N) is 3. The van der Waals surface area contributed by atoms with Crippen molar-refractivity contribution in [3.05, 3.63) is 66.2 Å². The number of benzene rings is 2. The molecule has 0 saturated heterocycles. The first-order chi connectivity index (χ1) is 13.7. The number of hydrogen-bond acceptors (Lipinski definition) is 8. The summed E-state index contributed by atoms with van der Waals surface area (Å²) >= 11 is 2.88. The molecule has 2 aromatic carbocycles. The lowest BCUT2D eigenvalue weighted by molar-refractivity contribution is 0.395. The summed E-state index contributed by atoms with van der Waals surface area (Å²) in [4.78, 5) is 0. The molecular weight excluding hydrogens is 399 g/mol. The molecule has 1 N–H and O–H groups in total. The topological polar surface area (TPSA) is 73.1 Å². The molecule has 0 unspecified atom stereocenters. The van der Waals surface area contributed by atoms with E-state index in [9.17, 15) is 4.39 Å². The molecule has 4 rings (SSSR count). The van der Waals surface area contributed by atoms with Gasteiger partial charge in [0.05, 0.1) is 12.9 Å². The van der Waals surface area contributed by atoms with E-state index in [1.54, 1.807) is 19.2 Å². The Morgan fingerprint density at radius 1 is 1.14 bits per heavy atom. The molecule has 0 bridgehead atoms. The lowest BCUT2D eigenvalue weighted by Crippen LogP contribution is -1.89. The number of para-hydroxylation sites is 1. The van der Waals surface area contributed by atoms with Gasteiger partial charge in [0, 0.05) is 17.3 Å². The molecule has 2 heterocycles. The summed E-state index contributed by atoms with van der Waals surface area (Å²) < 4.78 is 24.8. The van der Waals surface area contributed by atoms with E-state index < -0.39 is 0 Å². The van der Waals surface area contributed by atoms with Gasteiger partial charge in [-0.2, -0.15) is 0 Å². The van der Waals surface area contributed by atoms with Gasteiger partial charge >= 0.3 is 0 Å². The molecule has 0 atom stereocenters. The molecule has 0 aliphatic heterocycles. The Morgan fingerprint density at radius 2 is 2.04 bits per heavy atom. The van der Waals surface area contributed by atoms with Crippen molar-refractivity contribution < 1.29 is 13.7 Å². The van der Waals surface area contributed by atoms with E-state index in [4.69, 9.17) is 9.26 Å². The normalized spacial score (nSPS) is 10.8. The van der Waals surface area contributed by atoms with Crippen molar-refractivity contribution in [3.63, 3.8) is 0 Å². The van der Waals surface area contributed by atoms with Crippen LogP contribution in [0.5, 0.6) is 5.75 Å². The molecule has 4 aromatic rings. The highest BCUT2D eigenvalue weighted by atomic mass is 32.2. The Kier molecular flexibility index (Phi) is 5.54. The average Bonchev–Trinajstić information content (AvgIpc) is 3.36. The van der Waals surface area contributed by atoms with Crippen LogP contribution in [0.15, 0.2) is 63.5 Å². The van der Waals surface area contributed by atoms with Crippen LogP contribution in [0.1, 0.15) is 5.76 Å². The quantitative estimate of drug-likeness (QED) is 0.407. The number of halogens is 1. The molecule has 0 fully saturated rings. The third-order valence-corrected chi connectivity index (χ3v) is 5.76. The molecule has 0 spiro atoms. The van der Waals surface area contributed by atoms with E-state index in [1.807, 2.05) is 30.3 Å². The fraction of sp³-hybridized carbons (Fsp3) is 0.105. The third kappa shape index (κ3) is 4.32. The zero-order valence-corrected chi connectivity index (χ0v) is 16.4. The van der Waals surface area contributed by atoms with Crippen molar-refractivity contribution in [2.45, 2.75) is 10.1 Å². The second-order valence-corrected chi connectivity index (χ2v) is 7.88. The standard InChI is InChI=1S/C19H15FN4O2S2/c1-25-17-8-3-2-7-15(17)16-10-14(26-24-16)11-27-19-23-22-18(28-19)21-13-6-4-5-12(20)9-13/h2-10H,11H2,1H3,(H,21,22). The van der Waals surface area contributed by atoms with Gasteiger partial charge in [-0.05, 0) is 30.3 Å². The smallest absolute Gasteiger partial charge is 0.210 e. The Labute approximate surface area is 168 Å². The lowest BCUT2D eigenvalue weighted by Gasteiger charge is -2.03. The first-order valence-corrected chi connectivity index (χ1v) is 10.1. The maximum atomic E-state index is 13.3. The molecule has 0 radical (unpaired) electrons. The highest BCUT2D eigenvalue weighted by Gasteiger charge is 2.12. The first-order valence-electron chi connectivity index (χ1n) is 8.29. The summed E-state index contributed by atoms with van der Waals surface area (Å²) in [6.07, 6.45) is 0. The number of rotatable bonds is 7. The lowest BCUT2D eigenvalue weighted by atomic mass is 10.1. The van der Waals surface area contributed by atoms with Crippen molar-refractivity contribution in [2.75, 3.05) is 12.4 Å². The number of nitrogens with one attached hydrogen (secondary N) is 1. The maximum Gasteiger partial charge on any atom is 0.210 e. The van der Waals surface area contributed by atoms with Gasteiger partial charge in [-0.25, -0.2) is 4.39 Å². The number of ether oxygens (including phenoxy) is 1. The van der Waals surface area contributed by atoms with Gasteiger partial charge < -0.3 is 14.6 Å². The van der Waals surface area contributed by atoms with Crippen molar-refractivity contribution in [3.8, 4) is 17.0 Å². The van der Waals surface area contributed by atoms with E-state index in [0.717, 1.165) is 27.1 Å². The van der Waals surface area contributed by atoms with Gasteiger partial charge in [0.25, 0.3) is 0 Å². The fourth-order valence-corrected chi connectivity index (χ4v) is 4.15. The molecule has 0 aliphatic rings. The molecular formula is C19H15FN4O2S2. The van der Waals surface area contributed by atoms with Crippen LogP contribution in [0, 0.1) is 5.82 Å². The first kappa shape index (κ1) is 18.5. The van der Waals surface area contributed by atoms with Crippen LogP contribution in [0.2, 0.25) is 0 Å². The summed E-state index contributed by atoms with van der Waals surface area (Å²) in [6.45, 7) is 0. The molecule has 9 heteroatoms. The molecule has 0 aliphatic carbocycles. The van der Waals surface area contributed by atoms with Gasteiger partial charge in [-0.3, -0.25) is 0 Å². The number of hydrogen-bond donors (Lipinski definition) is 1. The second kappa shape index (κ2) is 8.41. The largest absolute Gasteiger partial charge is 0.496 e. The molecule has 28 heavy (non-hydrogen) atoms. The van der Waals surface area contributed by atoms with E-state index in [2.05, 4.69) is 20.7 Å². The Hall–Kier alpha value is -2.91. The van der Waals surface area contributed by atoms with Gasteiger partial charge in [-0.15, -0.1) is 10.2 Å². The van der Waals surface area contributed by atoms with Gasteiger partial charge in [0.2, 0.25) is 5.13 Å². The number of anilines is 2. The number of aromatic nitrogens is 3. The van der Waals surface area contributed by atoms with E-state index >= 15 is 0 Å². The van der Waals surface area contributed by atoms with E-state index in [-0.39, 0.29) is 5.82 Å². The third-order valence-electron chi connectivity index (χ3n) is 3.76. The van der Waals surface area contributed by atoms with Crippen molar-refractivity contribution >= 4 is 33.9 Å². The summed E-state index contributed by atoms with van der Waals surface area (Å²) in [5.41, 5.74) is 2.23. The van der Waals surface area contributed by atoms with E-state index in [0.29, 0.717) is 16.6 Å². The molecule has 0 saturated carbocycles. The van der Waals surface area contributed by atoms with Crippen LogP contribution in [0.3, 0.4) is 0 Å². The van der Waals surface area contributed by atoms with E-state index in [1.165, 1.54) is 35.2 Å². The second-order valence-electron chi connectivity index (χ2n) is 5.68. The Balaban J connectivity index is 1.39. The number of thioether (sulfide) groups is 1. The fourth-order valence-electron chi connectivity index (χ4n) is 2.51. The minimum absolute atomic E-state index is 0.305. The van der Waals surface area contributed by atoms with Crippen LogP contribution in [-0.4, -0.2) is 22.5 Å². The Bertz CT molecular complexity index is 1080. The SMILES string of the molecule is COc1ccccc1-c1cc(CSc2nnc(Nc3cccc(F)c3)s2)on1. The van der Waals surface area contributed by atoms with Gasteiger partial charge in [0.15, 0.2) is 4.34 Å². The van der Waals surface area contributed by atoms with Crippen LogP contribution in [-0.2, 0) is 5.75 Å². The predicted molar refractivity (Wildman–Crippen MR) is 108 cm³/mol.